The number of benzene rings is 2. The second kappa shape index (κ2) is 8.14. The van der Waals surface area contributed by atoms with Crippen molar-refractivity contribution < 1.29 is 19.1 Å². The van der Waals surface area contributed by atoms with Crippen LogP contribution in [0.3, 0.4) is 0 Å². The summed E-state index contributed by atoms with van der Waals surface area (Å²) in [6.45, 7) is 0.0779. The zero-order valence-corrected chi connectivity index (χ0v) is 13.1. The van der Waals surface area contributed by atoms with E-state index in [9.17, 15) is 10.1 Å². The second-order valence-electron chi connectivity index (χ2n) is 4.92. The number of ether oxygens (including phenoxy) is 3. The van der Waals surface area contributed by atoms with Crippen molar-refractivity contribution >= 4 is 0 Å². The quantitative estimate of drug-likeness (QED) is 0.552. The molecule has 0 N–H and O–H groups in total. The Morgan fingerprint density at radius 3 is 2.43 bits per heavy atom. The van der Waals surface area contributed by atoms with E-state index in [0.717, 1.165) is 5.56 Å². The molecule has 122 valence electrons. The number of hydrogen-bond acceptors (Lipinski definition) is 5. The van der Waals surface area contributed by atoms with E-state index in [-0.39, 0.29) is 6.54 Å². The molecule has 6 heteroatoms. The van der Waals surface area contributed by atoms with Crippen molar-refractivity contribution in [1.82, 2.24) is 0 Å². The predicted octanol–water partition coefficient (Wildman–Crippen LogP) is 3.24. The summed E-state index contributed by atoms with van der Waals surface area (Å²) in [7, 11) is 3.00. The standard InChI is InChI=1S/C17H19NO5/c1-21-15-9-8-14(17(22-2)11-18(19)20)10-16(15)23-12-13-6-4-3-5-7-13/h3-10,17H,11-12H2,1-2H3/t17-/m1/s1. The fourth-order valence-corrected chi connectivity index (χ4v) is 2.19. The minimum atomic E-state index is -0.630. The Morgan fingerprint density at radius 1 is 1.09 bits per heavy atom. The lowest BCUT2D eigenvalue weighted by Gasteiger charge is -2.16. The zero-order chi connectivity index (χ0) is 16.7. The lowest BCUT2D eigenvalue weighted by molar-refractivity contribution is -0.492. The van der Waals surface area contributed by atoms with Gasteiger partial charge in [0, 0.05) is 12.0 Å². The van der Waals surface area contributed by atoms with Crippen LogP contribution in [0.2, 0.25) is 0 Å². The molecule has 0 unspecified atom stereocenters. The smallest absolute Gasteiger partial charge is 0.233 e. The van der Waals surface area contributed by atoms with E-state index in [2.05, 4.69) is 0 Å². The molecule has 2 aromatic rings. The highest BCUT2D eigenvalue weighted by molar-refractivity contribution is 5.43. The highest BCUT2D eigenvalue weighted by Crippen LogP contribution is 2.32. The van der Waals surface area contributed by atoms with E-state index in [1.54, 1.807) is 25.3 Å². The molecule has 2 rings (SSSR count). The molecule has 0 saturated carbocycles. The Morgan fingerprint density at radius 2 is 1.83 bits per heavy atom. The van der Waals surface area contributed by atoms with Crippen molar-refractivity contribution in [3.63, 3.8) is 0 Å². The third-order valence-corrected chi connectivity index (χ3v) is 3.40. The molecule has 0 spiro atoms. The van der Waals surface area contributed by atoms with E-state index < -0.39 is 11.0 Å². The van der Waals surface area contributed by atoms with Gasteiger partial charge in [0.05, 0.1) is 7.11 Å². The SMILES string of the molecule is COc1ccc([C@@H](C[N+](=O)[O-])OC)cc1OCc1ccccc1. The van der Waals surface area contributed by atoms with Crippen molar-refractivity contribution in [2.75, 3.05) is 20.8 Å². The average molecular weight is 317 g/mol. The lowest BCUT2D eigenvalue weighted by Crippen LogP contribution is -2.14. The van der Waals surface area contributed by atoms with Crippen LogP contribution in [0.1, 0.15) is 17.2 Å². The average Bonchev–Trinajstić information content (AvgIpc) is 2.58. The van der Waals surface area contributed by atoms with E-state index in [4.69, 9.17) is 14.2 Å². The number of nitro groups is 1. The van der Waals surface area contributed by atoms with Crippen LogP contribution in [0.5, 0.6) is 11.5 Å². The molecule has 0 heterocycles. The zero-order valence-electron chi connectivity index (χ0n) is 13.1. The molecular formula is C17H19NO5. The summed E-state index contributed by atoms with van der Waals surface area (Å²) in [5.74, 6) is 1.10. The van der Waals surface area contributed by atoms with Gasteiger partial charge in [-0.2, -0.15) is 0 Å². The normalized spacial score (nSPS) is 11.7. The van der Waals surface area contributed by atoms with Crippen molar-refractivity contribution in [3.05, 3.63) is 69.8 Å². The summed E-state index contributed by atoms with van der Waals surface area (Å²) in [5, 5.41) is 10.7. The first-order valence-corrected chi connectivity index (χ1v) is 7.13. The van der Waals surface area contributed by atoms with Crippen LogP contribution in [0.25, 0.3) is 0 Å². The first kappa shape index (κ1) is 16.8. The minimum absolute atomic E-state index is 0.305. The van der Waals surface area contributed by atoms with Crippen molar-refractivity contribution in [3.8, 4) is 11.5 Å². The van der Waals surface area contributed by atoms with Crippen LogP contribution in [0.15, 0.2) is 48.5 Å². The van der Waals surface area contributed by atoms with Gasteiger partial charge in [-0.3, -0.25) is 10.1 Å². The van der Waals surface area contributed by atoms with E-state index in [1.807, 2.05) is 30.3 Å². The van der Waals surface area contributed by atoms with Crippen molar-refractivity contribution in [1.29, 1.82) is 0 Å². The molecule has 23 heavy (non-hydrogen) atoms. The van der Waals surface area contributed by atoms with Gasteiger partial charge in [0.1, 0.15) is 12.7 Å². The molecule has 0 aliphatic rings. The Hall–Kier alpha value is -2.60. The van der Waals surface area contributed by atoms with Gasteiger partial charge in [0.2, 0.25) is 6.54 Å². The number of rotatable bonds is 8. The van der Waals surface area contributed by atoms with Crippen molar-refractivity contribution in [2.45, 2.75) is 12.7 Å². The van der Waals surface area contributed by atoms with Crippen LogP contribution in [0, 0.1) is 10.1 Å². The third-order valence-electron chi connectivity index (χ3n) is 3.40. The maximum Gasteiger partial charge on any atom is 0.233 e. The molecule has 0 saturated heterocycles. The van der Waals surface area contributed by atoms with Gasteiger partial charge in [-0.1, -0.05) is 36.4 Å². The van der Waals surface area contributed by atoms with Gasteiger partial charge in [-0.25, -0.2) is 0 Å². The molecule has 0 aliphatic heterocycles. The van der Waals surface area contributed by atoms with Gasteiger partial charge < -0.3 is 14.2 Å². The van der Waals surface area contributed by atoms with Crippen LogP contribution >= 0.6 is 0 Å². The Bertz CT molecular complexity index is 645. The summed E-state index contributed by atoms with van der Waals surface area (Å²) in [5.41, 5.74) is 1.70. The first-order chi connectivity index (χ1) is 11.1. The maximum absolute atomic E-state index is 10.7. The molecule has 0 bridgehead atoms. The number of nitrogens with zero attached hydrogens (tertiary/aromatic N) is 1. The topological polar surface area (TPSA) is 70.8 Å². The summed E-state index contributed by atoms with van der Waals surface area (Å²) in [4.78, 5) is 10.3. The molecule has 2 aromatic carbocycles. The maximum atomic E-state index is 10.7. The summed E-state index contributed by atoms with van der Waals surface area (Å²) >= 11 is 0. The predicted molar refractivity (Wildman–Crippen MR) is 85.4 cm³/mol. The van der Waals surface area contributed by atoms with Crippen LogP contribution in [-0.4, -0.2) is 25.7 Å². The highest BCUT2D eigenvalue weighted by atomic mass is 16.6. The summed E-state index contributed by atoms with van der Waals surface area (Å²) in [6.07, 6.45) is -0.630. The highest BCUT2D eigenvalue weighted by Gasteiger charge is 2.19. The van der Waals surface area contributed by atoms with Gasteiger partial charge >= 0.3 is 0 Å². The fraction of sp³-hybridized carbons (Fsp3) is 0.294. The molecular weight excluding hydrogens is 298 g/mol. The minimum Gasteiger partial charge on any atom is -0.493 e. The molecule has 0 amide bonds. The van der Waals surface area contributed by atoms with E-state index in [0.29, 0.717) is 23.7 Å². The van der Waals surface area contributed by atoms with Gasteiger partial charge in [0.15, 0.2) is 11.5 Å². The Labute approximate surface area is 134 Å². The first-order valence-electron chi connectivity index (χ1n) is 7.13. The van der Waals surface area contributed by atoms with E-state index >= 15 is 0 Å². The largest absolute Gasteiger partial charge is 0.493 e. The van der Waals surface area contributed by atoms with Crippen molar-refractivity contribution in [2.24, 2.45) is 0 Å². The van der Waals surface area contributed by atoms with Gasteiger partial charge in [0.25, 0.3) is 0 Å². The molecule has 0 aliphatic carbocycles. The number of hydrogen-bond donors (Lipinski definition) is 0. The van der Waals surface area contributed by atoms with E-state index in [1.165, 1.54) is 7.11 Å². The van der Waals surface area contributed by atoms with Gasteiger partial charge in [-0.15, -0.1) is 0 Å². The summed E-state index contributed by atoms with van der Waals surface area (Å²) in [6, 6.07) is 14.9. The Balaban J connectivity index is 2.19. The van der Waals surface area contributed by atoms with Crippen LogP contribution in [-0.2, 0) is 11.3 Å². The summed E-state index contributed by atoms with van der Waals surface area (Å²) < 4.78 is 16.3. The second-order valence-corrected chi connectivity index (χ2v) is 4.92. The van der Waals surface area contributed by atoms with Crippen LogP contribution in [0.4, 0.5) is 0 Å². The molecule has 0 radical (unpaired) electrons. The Kier molecular flexibility index (Phi) is 5.94. The van der Waals surface area contributed by atoms with Gasteiger partial charge in [-0.05, 0) is 23.3 Å². The molecule has 0 aromatic heterocycles. The van der Waals surface area contributed by atoms with Crippen LogP contribution < -0.4 is 9.47 Å². The molecule has 6 nitrogen and oxygen atoms in total. The lowest BCUT2D eigenvalue weighted by atomic mass is 10.1. The number of methoxy groups -OCH3 is 2. The third kappa shape index (κ3) is 4.69. The molecule has 0 fully saturated rings. The fourth-order valence-electron chi connectivity index (χ4n) is 2.19. The molecule has 1 atom stereocenters. The monoisotopic (exact) mass is 317 g/mol.